The standard InChI is InChI=1S/C20H22N8O/c1-13(19-23-15-4-2-3-5-16(15)24-19)22-20(29)14-8-10-27(11-9-14)18-7-6-17-25-21-12-28(17)26-18/h2-7,12-14H,8-11H2,1H3,(H,22,29)(H,23,24). The number of benzene rings is 1. The van der Waals surface area contributed by atoms with Crippen molar-refractivity contribution < 1.29 is 4.79 Å². The van der Waals surface area contributed by atoms with Gasteiger partial charge in [0.15, 0.2) is 5.65 Å². The molecular formula is C20H22N8O. The first-order valence-corrected chi connectivity index (χ1v) is 9.84. The smallest absolute Gasteiger partial charge is 0.223 e. The number of piperidine rings is 1. The van der Waals surface area contributed by atoms with Crippen molar-refractivity contribution in [2.45, 2.75) is 25.8 Å². The third-order valence-electron chi connectivity index (χ3n) is 5.51. The summed E-state index contributed by atoms with van der Waals surface area (Å²) >= 11 is 0. The molecule has 1 saturated heterocycles. The monoisotopic (exact) mass is 390 g/mol. The van der Waals surface area contributed by atoms with Crippen LogP contribution in [-0.4, -0.2) is 48.8 Å². The Morgan fingerprint density at radius 3 is 2.86 bits per heavy atom. The van der Waals surface area contributed by atoms with Gasteiger partial charge in [-0.3, -0.25) is 4.79 Å². The van der Waals surface area contributed by atoms with Crippen molar-refractivity contribution in [3.8, 4) is 0 Å². The predicted molar refractivity (Wildman–Crippen MR) is 108 cm³/mol. The molecule has 0 aliphatic carbocycles. The Labute approximate surface area is 167 Å². The lowest BCUT2D eigenvalue weighted by atomic mass is 9.95. The van der Waals surface area contributed by atoms with E-state index < -0.39 is 0 Å². The van der Waals surface area contributed by atoms with Gasteiger partial charge in [-0.1, -0.05) is 12.1 Å². The van der Waals surface area contributed by atoms with Gasteiger partial charge in [-0.25, -0.2) is 4.98 Å². The third-order valence-corrected chi connectivity index (χ3v) is 5.51. The number of aromatic nitrogens is 6. The molecule has 9 nitrogen and oxygen atoms in total. The zero-order chi connectivity index (χ0) is 19.8. The molecule has 0 radical (unpaired) electrons. The van der Waals surface area contributed by atoms with Gasteiger partial charge in [0.1, 0.15) is 18.0 Å². The first kappa shape index (κ1) is 17.6. The number of imidazole rings is 1. The number of rotatable bonds is 4. The second-order valence-electron chi connectivity index (χ2n) is 7.46. The molecule has 1 aliphatic rings. The van der Waals surface area contributed by atoms with Crippen molar-refractivity contribution >= 4 is 28.4 Å². The maximum atomic E-state index is 12.8. The number of aromatic amines is 1. The van der Waals surface area contributed by atoms with Crippen molar-refractivity contribution in [3.63, 3.8) is 0 Å². The average Bonchev–Trinajstić information content (AvgIpc) is 3.40. The van der Waals surface area contributed by atoms with Crippen LogP contribution in [0.3, 0.4) is 0 Å². The highest BCUT2D eigenvalue weighted by Crippen LogP contribution is 2.23. The number of nitrogens with one attached hydrogen (secondary N) is 2. The summed E-state index contributed by atoms with van der Waals surface area (Å²) in [5, 5.41) is 15.5. The molecule has 1 unspecified atom stereocenters. The number of carbonyl (C=O) groups excluding carboxylic acids is 1. The summed E-state index contributed by atoms with van der Waals surface area (Å²) in [4.78, 5) is 22.8. The molecule has 0 saturated carbocycles. The zero-order valence-electron chi connectivity index (χ0n) is 16.1. The fourth-order valence-electron chi connectivity index (χ4n) is 3.84. The average molecular weight is 390 g/mol. The first-order chi connectivity index (χ1) is 14.2. The van der Waals surface area contributed by atoms with Crippen molar-refractivity contribution in [3.05, 3.63) is 48.5 Å². The van der Waals surface area contributed by atoms with Crippen LogP contribution in [0.5, 0.6) is 0 Å². The van der Waals surface area contributed by atoms with Crippen molar-refractivity contribution in [1.29, 1.82) is 0 Å². The van der Waals surface area contributed by atoms with Crippen LogP contribution < -0.4 is 10.2 Å². The number of amides is 1. The van der Waals surface area contributed by atoms with E-state index in [-0.39, 0.29) is 17.9 Å². The summed E-state index contributed by atoms with van der Waals surface area (Å²) in [7, 11) is 0. The lowest BCUT2D eigenvalue weighted by Gasteiger charge is -2.32. The van der Waals surface area contributed by atoms with Crippen LogP contribution in [0.4, 0.5) is 5.82 Å². The summed E-state index contributed by atoms with van der Waals surface area (Å²) in [6.07, 6.45) is 3.18. The minimum atomic E-state index is -0.161. The number of H-pyrrole nitrogens is 1. The fraction of sp³-hybridized carbons (Fsp3) is 0.350. The number of nitrogens with zero attached hydrogens (tertiary/aromatic N) is 6. The minimum Gasteiger partial charge on any atom is -0.355 e. The fourth-order valence-corrected chi connectivity index (χ4v) is 3.84. The van der Waals surface area contributed by atoms with Gasteiger partial charge in [0.25, 0.3) is 0 Å². The summed E-state index contributed by atoms with van der Waals surface area (Å²) in [6.45, 7) is 3.54. The molecule has 4 heterocycles. The van der Waals surface area contributed by atoms with Crippen molar-refractivity contribution in [2.24, 2.45) is 5.92 Å². The highest BCUT2D eigenvalue weighted by Gasteiger charge is 2.27. The van der Waals surface area contributed by atoms with Crippen LogP contribution in [0, 0.1) is 5.92 Å². The molecule has 1 amide bonds. The van der Waals surface area contributed by atoms with E-state index in [1.165, 1.54) is 0 Å². The second kappa shape index (κ2) is 7.16. The molecule has 1 fully saturated rings. The SMILES string of the molecule is CC(NC(=O)C1CCN(c2ccc3nncn3n2)CC1)c1nc2ccccc2[nH]1. The highest BCUT2D eigenvalue weighted by molar-refractivity contribution is 5.80. The molecule has 29 heavy (non-hydrogen) atoms. The maximum Gasteiger partial charge on any atom is 0.223 e. The normalized spacial score (nSPS) is 16.4. The predicted octanol–water partition coefficient (Wildman–Crippen LogP) is 2.09. The van der Waals surface area contributed by atoms with E-state index >= 15 is 0 Å². The summed E-state index contributed by atoms with van der Waals surface area (Å²) < 4.78 is 1.67. The Morgan fingerprint density at radius 1 is 1.21 bits per heavy atom. The molecule has 5 rings (SSSR count). The largest absolute Gasteiger partial charge is 0.355 e. The first-order valence-electron chi connectivity index (χ1n) is 9.84. The topological polar surface area (TPSA) is 104 Å². The van der Waals surface area contributed by atoms with Crippen molar-refractivity contribution in [1.82, 2.24) is 35.1 Å². The second-order valence-corrected chi connectivity index (χ2v) is 7.46. The maximum absolute atomic E-state index is 12.8. The molecule has 0 bridgehead atoms. The molecule has 1 atom stereocenters. The highest BCUT2D eigenvalue weighted by atomic mass is 16.2. The number of carbonyl (C=O) groups is 1. The zero-order valence-corrected chi connectivity index (χ0v) is 16.1. The Kier molecular flexibility index (Phi) is 4.34. The molecule has 148 valence electrons. The molecule has 1 aromatic carbocycles. The van der Waals surface area contributed by atoms with Crippen molar-refractivity contribution in [2.75, 3.05) is 18.0 Å². The molecule has 2 N–H and O–H groups in total. The van der Waals surface area contributed by atoms with Gasteiger partial charge in [0.2, 0.25) is 5.91 Å². The Morgan fingerprint density at radius 2 is 2.03 bits per heavy atom. The third kappa shape index (κ3) is 3.39. The molecular weight excluding hydrogens is 368 g/mol. The van der Waals surface area contributed by atoms with E-state index in [2.05, 4.69) is 35.5 Å². The van der Waals surface area contributed by atoms with E-state index in [1.807, 2.05) is 43.3 Å². The molecule has 1 aliphatic heterocycles. The van der Waals surface area contributed by atoms with Crippen LogP contribution >= 0.6 is 0 Å². The van der Waals surface area contributed by atoms with Gasteiger partial charge < -0.3 is 15.2 Å². The molecule has 4 aromatic rings. The van der Waals surface area contributed by atoms with E-state index in [0.29, 0.717) is 0 Å². The summed E-state index contributed by atoms with van der Waals surface area (Å²) in [5.74, 6) is 1.74. The van der Waals surface area contributed by atoms with E-state index in [9.17, 15) is 4.79 Å². The van der Waals surface area contributed by atoms with Gasteiger partial charge in [0.05, 0.1) is 17.1 Å². The number of hydrogen-bond acceptors (Lipinski definition) is 6. The summed E-state index contributed by atoms with van der Waals surface area (Å²) in [5.41, 5.74) is 2.62. The minimum absolute atomic E-state index is 0.00304. The van der Waals surface area contributed by atoms with E-state index in [1.54, 1.807) is 10.8 Å². The Hall–Kier alpha value is -3.49. The van der Waals surface area contributed by atoms with E-state index in [0.717, 1.165) is 54.3 Å². The Balaban J connectivity index is 1.20. The lowest BCUT2D eigenvalue weighted by molar-refractivity contribution is -0.126. The summed E-state index contributed by atoms with van der Waals surface area (Å²) in [6, 6.07) is 11.6. The molecule has 9 heteroatoms. The van der Waals surface area contributed by atoms with E-state index in [4.69, 9.17) is 0 Å². The van der Waals surface area contributed by atoms with Crippen LogP contribution in [0.2, 0.25) is 0 Å². The van der Waals surface area contributed by atoms with Crippen LogP contribution in [0.15, 0.2) is 42.7 Å². The number of para-hydroxylation sites is 2. The van der Waals surface area contributed by atoms with Gasteiger partial charge >= 0.3 is 0 Å². The van der Waals surface area contributed by atoms with Crippen LogP contribution in [0.25, 0.3) is 16.7 Å². The van der Waals surface area contributed by atoms with Gasteiger partial charge in [-0.05, 0) is 44.0 Å². The Bertz CT molecular complexity index is 1120. The lowest BCUT2D eigenvalue weighted by Crippen LogP contribution is -2.41. The van der Waals surface area contributed by atoms with Crippen LogP contribution in [0.1, 0.15) is 31.6 Å². The number of anilines is 1. The van der Waals surface area contributed by atoms with Gasteiger partial charge in [0, 0.05) is 19.0 Å². The van der Waals surface area contributed by atoms with Crippen LogP contribution in [-0.2, 0) is 4.79 Å². The quantitative estimate of drug-likeness (QED) is 0.553. The number of fused-ring (bicyclic) bond motifs is 2. The van der Waals surface area contributed by atoms with Gasteiger partial charge in [-0.15, -0.1) is 15.3 Å². The molecule has 3 aromatic heterocycles. The van der Waals surface area contributed by atoms with Gasteiger partial charge in [-0.2, -0.15) is 4.52 Å². The number of hydrogen-bond donors (Lipinski definition) is 2. The molecule has 0 spiro atoms.